The lowest BCUT2D eigenvalue weighted by molar-refractivity contribution is -0.120. The summed E-state index contributed by atoms with van der Waals surface area (Å²) in [5, 5.41) is 10.0. The van der Waals surface area contributed by atoms with E-state index in [-0.39, 0.29) is 18.3 Å². The topological polar surface area (TPSA) is 70.2 Å². The van der Waals surface area contributed by atoms with Crippen molar-refractivity contribution in [1.29, 1.82) is 0 Å². The van der Waals surface area contributed by atoms with Crippen molar-refractivity contribution in [3.63, 3.8) is 0 Å². The number of hydrogen-bond donors (Lipinski definition) is 3. The van der Waals surface area contributed by atoms with Crippen LogP contribution in [-0.4, -0.2) is 18.5 Å². The first-order valence-electron chi connectivity index (χ1n) is 8.71. The zero-order valence-corrected chi connectivity index (χ0v) is 16.1. The number of amides is 3. The van der Waals surface area contributed by atoms with Crippen molar-refractivity contribution in [2.45, 2.75) is 13.0 Å². The van der Waals surface area contributed by atoms with Gasteiger partial charge in [-0.1, -0.05) is 30.3 Å². The third-order valence-electron chi connectivity index (χ3n) is 4.02. The first kappa shape index (κ1) is 19.6. The van der Waals surface area contributed by atoms with Gasteiger partial charge in [-0.05, 0) is 53.8 Å². The fourth-order valence-electron chi connectivity index (χ4n) is 2.70. The summed E-state index contributed by atoms with van der Waals surface area (Å²) in [6.07, 6.45) is 0. The monoisotopic (exact) mass is 397 g/mol. The Morgan fingerprint density at radius 1 is 1.07 bits per heavy atom. The molecule has 0 spiro atoms. The quantitative estimate of drug-likeness (QED) is 0.583. The van der Waals surface area contributed by atoms with E-state index in [2.05, 4.69) is 16.0 Å². The molecule has 0 aliphatic rings. The van der Waals surface area contributed by atoms with Crippen molar-refractivity contribution in [2.75, 3.05) is 11.9 Å². The lowest BCUT2D eigenvalue weighted by atomic mass is 10.1. The number of rotatable bonds is 6. The van der Waals surface area contributed by atoms with Gasteiger partial charge in [0.15, 0.2) is 0 Å². The van der Waals surface area contributed by atoms with Crippen LogP contribution in [0.5, 0.6) is 0 Å². The van der Waals surface area contributed by atoms with Gasteiger partial charge in [-0.2, -0.15) is 0 Å². The molecule has 7 heteroatoms. The van der Waals surface area contributed by atoms with Gasteiger partial charge in [0, 0.05) is 10.6 Å². The van der Waals surface area contributed by atoms with Gasteiger partial charge in [-0.15, -0.1) is 11.3 Å². The van der Waals surface area contributed by atoms with E-state index in [9.17, 15) is 14.0 Å². The second-order valence-corrected chi connectivity index (χ2v) is 7.22. The molecule has 1 heterocycles. The van der Waals surface area contributed by atoms with Crippen molar-refractivity contribution in [2.24, 2.45) is 0 Å². The van der Waals surface area contributed by atoms with Crippen molar-refractivity contribution >= 4 is 29.0 Å². The van der Waals surface area contributed by atoms with Crippen LogP contribution in [0.2, 0.25) is 0 Å². The second-order valence-electron chi connectivity index (χ2n) is 6.24. The molecule has 3 aromatic rings. The summed E-state index contributed by atoms with van der Waals surface area (Å²) in [5.74, 6) is -0.684. The molecule has 1 aromatic heterocycles. The highest BCUT2D eigenvalue weighted by Crippen LogP contribution is 2.26. The van der Waals surface area contributed by atoms with Crippen LogP contribution >= 0.6 is 11.3 Å². The molecule has 2 aromatic carbocycles. The summed E-state index contributed by atoms with van der Waals surface area (Å²) in [4.78, 5) is 25.3. The van der Waals surface area contributed by atoms with Gasteiger partial charge in [0.25, 0.3) is 0 Å². The van der Waals surface area contributed by atoms with Gasteiger partial charge < -0.3 is 16.0 Å². The van der Waals surface area contributed by atoms with Crippen LogP contribution in [0.4, 0.5) is 14.9 Å². The molecule has 0 aliphatic carbocycles. The second kappa shape index (κ2) is 9.14. The van der Waals surface area contributed by atoms with Gasteiger partial charge in [0.1, 0.15) is 5.82 Å². The lowest BCUT2D eigenvalue weighted by Gasteiger charge is -2.18. The Balaban J connectivity index is 1.59. The number of thiophene rings is 1. The first-order valence-corrected chi connectivity index (χ1v) is 9.59. The largest absolute Gasteiger partial charge is 0.343 e. The Morgan fingerprint density at radius 3 is 2.54 bits per heavy atom. The fraction of sp³-hybridized carbons (Fsp3) is 0.143. The third kappa shape index (κ3) is 5.40. The van der Waals surface area contributed by atoms with Crippen LogP contribution in [0.1, 0.15) is 22.0 Å². The van der Waals surface area contributed by atoms with Crippen LogP contribution in [0.15, 0.2) is 66.0 Å². The van der Waals surface area contributed by atoms with Gasteiger partial charge in [-0.3, -0.25) is 4.79 Å². The summed E-state index contributed by atoms with van der Waals surface area (Å²) >= 11 is 1.49. The van der Waals surface area contributed by atoms with Gasteiger partial charge in [0.2, 0.25) is 5.91 Å². The summed E-state index contributed by atoms with van der Waals surface area (Å²) < 4.78 is 13.2. The Morgan fingerprint density at radius 2 is 1.86 bits per heavy atom. The van der Waals surface area contributed by atoms with Gasteiger partial charge in [0.05, 0.1) is 12.6 Å². The molecule has 144 valence electrons. The maximum atomic E-state index is 13.2. The molecule has 5 nitrogen and oxygen atoms in total. The molecule has 28 heavy (non-hydrogen) atoms. The van der Waals surface area contributed by atoms with E-state index in [0.29, 0.717) is 5.69 Å². The standard InChI is InChI=1S/C21H20FN3O2S/c1-14-4-2-5-17(12-14)24-21(27)23-13-19(26)25-20(18-6-3-11-28-18)15-7-9-16(22)10-8-15/h2-12,20H,13H2,1H3,(H,25,26)(H2,23,24,27). The summed E-state index contributed by atoms with van der Waals surface area (Å²) in [6, 6.07) is 16.3. The zero-order chi connectivity index (χ0) is 19.9. The van der Waals surface area contributed by atoms with Crippen molar-refractivity contribution < 1.29 is 14.0 Å². The number of hydrogen-bond acceptors (Lipinski definition) is 3. The SMILES string of the molecule is Cc1cccc(NC(=O)NCC(=O)NC(c2ccc(F)cc2)c2cccs2)c1. The number of carbonyl (C=O) groups is 2. The molecule has 0 saturated carbocycles. The molecule has 0 bridgehead atoms. The average molecular weight is 397 g/mol. The number of nitrogens with one attached hydrogen (secondary N) is 3. The van der Waals surface area contributed by atoms with E-state index in [1.807, 2.05) is 42.6 Å². The molecular formula is C21H20FN3O2S. The van der Waals surface area contributed by atoms with Crippen LogP contribution in [0, 0.1) is 12.7 Å². The minimum absolute atomic E-state index is 0.180. The van der Waals surface area contributed by atoms with E-state index in [0.717, 1.165) is 16.0 Å². The van der Waals surface area contributed by atoms with Gasteiger partial charge in [-0.25, -0.2) is 9.18 Å². The maximum Gasteiger partial charge on any atom is 0.319 e. The predicted molar refractivity (Wildman–Crippen MR) is 109 cm³/mol. The molecule has 1 atom stereocenters. The van der Waals surface area contributed by atoms with E-state index in [1.165, 1.54) is 23.5 Å². The highest BCUT2D eigenvalue weighted by atomic mass is 32.1. The van der Waals surface area contributed by atoms with Crippen molar-refractivity contribution in [3.8, 4) is 0 Å². The Kier molecular flexibility index (Phi) is 6.39. The van der Waals surface area contributed by atoms with Crippen LogP contribution in [-0.2, 0) is 4.79 Å². The molecule has 3 rings (SSSR count). The highest BCUT2D eigenvalue weighted by molar-refractivity contribution is 7.10. The smallest absolute Gasteiger partial charge is 0.319 e. The zero-order valence-electron chi connectivity index (χ0n) is 15.2. The summed E-state index contributed by atoms with van der Waals surface area (Å²) in [7, 11) is 0. The minimum Gasteiger partial charge on any atom is -0.343 e. The third-order valence-corrected chi connectivity index (χ3v) is 4.96. The van der Waals surface area contributed by atoms with Crippen LogP contribution in [0.3, 0.4) is 0 Å². The molecular weight excluding hydrogens is 377 g/mol. The molecule has 0 aliphatic heterocycles. The average Bonchev–Trinajstić information content (AvgIpc) is 3.20. The fourth-order valence-corrected chi connectivity index (χ4v) is 3.50. The predicted octanol–water partition coefficient (Wildman–Crippen LogP) is 4.22. The molecule has 3 N–H and O–H groups in total. The number of halogens is 1. The molecule has 3 amide bonds. The van der Waals surface area contributed by atoms with Crippen molar-refractivity contribution in [3.05, 3.63) is 87.9 Å². The van der Waals surface area contributed by atoms with Crippen LogP contribution < -0.4 is 16.0 Å². The van der Waals surface area contributed by atoms with E-state index < -0.39 is 12.1 Å². The van der Waals surface area contributed by atoms with E-state index in [1.54, 1.807) is 18.2 Å². The summed E-state index contributed by atoms with van der Waals surface area (Å²) in [5.41, 5.74) is 2.44. The Hall–Kier alpha value is -3.19. The molecule has 0 fully saturated rings. The molecule has 0 radical (unpaired) electrons. The number of carbonyl (C=O) groups excluding carboxylic acids is 2. The number of aryl methyl sites for hydroxylation is 1. The first-order chi connectivity index (χ1) is 13.5. The normalized spacial score (nSPS) is 11.5. The van der Waals surface area contributed by atoms with Gasteiger partial charge >= 0.3 is 6.03 Å². The Bertz CT molecular complexity index is 943. The minimum atomic E-state index is -0.463. The maximum absolute atomic E-state index is 13.2. The summed E-state index contributed by atoms with van der Waals surface area (Å²) in [6.45, 7) is 1.75. The Labute approximate surface area is 166 Å². The molecule has 1 unspecified atom stereocenters. The van der Waals surface area contributed by atoms with E-state index in [4.69, 9.17) is 0 Å². The number of benzene rings is 2. The number of urea groups is 1. The number of anilines is 1. The van der Waals surface area contributed by atoms with Crippen LogP contribution in [0.25, 0.3) is 0 Å². The highest BCUT2D eigenvalue weighted by Gasteiger charge is 2.18. The van der Waals surface area contributed by atoms with E-state index >= 15 is 0 Å². The van der Waals surface area contributed by atoms with Crippen molar-refractivity contribution in [1.82, 2.24) is 10.6 Å². The molecule has 0 saturated heterocycles. The lowest BCUT2D eigenvalue weighted by Crippen LogP contribution is -2.40.